The highest BCUT2D eigenvalue weighted by Crippen LogP contribution is 2.50. The summed E-state index contributed by atoms with van der Waals surface area (Å²) >= 11 is 1.71. The fourth-order valence-electron chi connectivity index (χ4n) is 5.47. The van der Waals surface area contributed by atoms with Crippen molar-refractivity contribution in [2.45, 2.75) is 58.4 Å². The van der Waals surface area contributed by atoms with Crippen LogP contribution in [0.15, 0.2) is 36.0 Å². The van der Waals surface area contributed by atoms with Crippen LogP contribution < -0.4 is 5.32 Å². The van der Waals surface area contributed by atoms with E-state index in [0.29, 0.717) is 12.0 Å². The fourth-order valence-corrected chi connectivity index (χ4v) is 6.39. The normalized spacial score (nSPS) is 24.9. The topological polar surface area (TPSA) is 37.8 Å². The fraction of sp³-hybridized carbons (Fsp3) is 0.500. The van der Waals surface area contributed by atoms with Gasteiger partial charge in [0.2, 0.25) is 0 Å². The highest BCUT2D eigenvalue weighted by Gasteiger charge is 2.42. The largest absolute Gasteiger partial charge is 0.367 e. The van der Waals surface area contributed by atoms with Crippen LogP contribution in [0.5, 0.6) is 0 Å². The van der Waals surface area contributed by atoms with E-state index in [0.717, 1.165) is 28.4 Å². The molecule has 28 heavy (non-hydrogen) atoms. The molecule has 0 spiro atoms. The van der Waals surface area contributed by atoms with E-state index in [-0.39, 0.29) is 0 Å². The first-order chi connectivity index (χ1) is 13.6. The molecule has 2 bridgehead atoms. The molecule has 0 saturated heterocycles. The van der Waals surface area contributed by atoms with Crippen LogP contribution >= 0.6 is 11.3 Å². The molecule has 5 rings (SSSR count). The minimum absolute atomic E-state index is 0.462. The minimum atomic E-state index is 0.462. The van der Waals surface area contributed by atoms with Crippen molar-refractivity contribution in [3.63, 3.8) is 0 Å². The number of fused-ring (bicyclic) bond motifs is 3. The second-order valence-corrected chi connectivity index (χ2v) is 9.96. The second-order valence-electron chi connectivity index (χ2n) is 9.10. The quantitative estimate of drug-likeness (QED) is 0.525. The number of nitrogens with zero attached hydrogens (tertiary/aromatic N) is 2. The lowest BCUT2D eigenvalue weighted by atomic mass is 9.84. The molecule has 0 amide bonds. The van der Waals surface area contributed by atoms with E-state index in [4.69, 9.17) is 0 Å². The Labute approximate surface area is 171 Å². The summed E-state index contributed by atoms with van der Waals surface area (Å²) in [5.74, 6) is 4.23. The third-order valence-electron chi connectivity index (χ3n) is 7.06. The SMILES string of the molecule is CC(C)c1ccc(-c2csc3ncnc(NC(C)C4CC5CCC4C5)c23)cc1. The number of anilines is 1. The summed E-state index contributed by atoms with van der Waals surface area (Å²) in [6.45, 7) is 6.83. The average molecular weight is 392 g/mol. The lowest BCUT2D eigenvalue weighted by Crippen LogP contribution is -2.30. The van der Waals surface area contributed by atoms with Gasteiger partial charge in [-0.1, -0.05) is 44.5 Å². The van der Waals surface area contributed by atoms with Crippen molar-refractivity contribution in [1.29, 1.82) is 0 Å². The first-order valence-corrected chi connectivity index (χ1v) is 11.6. The van der Waals surface area contributed by atoms with Crippen molar-refractivity contribution in [2.75, 3.05) is 5.32 Å². The second kappa shape index (κ2) is 7.14. The summed E-state index contributed by atoms with van der Waals surface area (Å²) in [6.07, 6.45) is 7.42. The van der Waals surface area contributed by atoms with Gasteiger partial charge in [0.15, 0.2) is 0 Å². The Morgan fingerprint density at radius 1 is 1.04 bits per heavy atom. The molecule has 1 N–H and O–H groups in total. The van der Waals surface area contributed by atoms with Crippen molar-refractivity contribution in [3.8, 4) is 11.1 Å². The maximum Gasteiger partial charge on any atom is 0.139 e. The molecule has 2 aliphatic carbocycles. The predicted molar refractivity (Wildman–Crippen MR) is 119 cm³/mol. The summed E-state index contributed by atoms with van der Waals surface area (Å²) in [5, 5.41) is 7.21. The van der Waals surface area contributed by atoms with Crippen LogP contribution in [-0.2, 0) is 0 Å². The molecule has 2 heterocycles. The van der Waals surface area contributed by atoms with E-state index in [1.807, 2.05) is 0 Å². The van der Waals surface area contributed by atoms with Crippen LogP contribution in [0, 0.1) is 17.8 Å². The summed E-state index contributed by atoms with van der Waals surface area (Å²) in [7, 11) is 0. The lowest BCUT2D eigenvalue weighted by molar-refractivity contribution is 0.304. The van der Waals surface area contributed by atoms with Crippen molar-refractivity contribution >= 4 is 27.4 Å². The first-order valence-electron chi connectivity index (χ1n) is 10.7. The zero-order chi connectivity index (χ0) is 19.3. The molecular weight excluding hydrogens is 362 g/mol. The van der Waals surface area contributed by atoms with E-state index >= 15 is 0 Å². The number of thiophene rings is 1. The molecule has 2 fully saturated rings. The number of hydrogen-bond donors (Lipinski definition) is 1. The maximum atomic E-state index is 4.67. The van der Waals surface area contributed by atoms with Crippen LogP contribution in [0.4, 0.5) is 5.82 Å². The Morgan fingerprint density at radius 2 is 1.86 bits per heavy atom. The van der Waals surface area contributed by atoms with Crippen molar-refractivity contribution in [1.82, 2.24) is 9.97 Å². The molecule has 1 aromatic carbocycles. The Bertz CT molecular complexity index is 975. The summed E-state index contributed by atoms with van der Waals surface area (Å²) in [6, 6.07) is 9.45. The summed E-state index contributed by atoms with van der Waals surface area (Å²) in [5.41, 5.74) is 3.88. The molecule has 3 nitrogen and oxygen atoms in total. The highest BCUT2D eigenvalue weighted by molar-refractivity contribution is 7.17. The van der Waals surface area contributed by atoms with E-state index in [9.17, 15) is 0 Å². The number of benzene rings is 1. The Morgan fingerprint density at radius 3 is 2.54 bits per heavy atom. The van der Waals surface area contributed by atoms with E-state index < -0.39 is 0 Å². The third-order valence-corrected chi connectivity index (χ3v) is 7.94. The predicted octanol–water partition coefficient (Wildman–Crippen LogP) is 6.72. The van der Waals surface area contributed by atoms with Crippen LogP contribution in [0.3, 0.4) is 0 Å². The number of nitrogens with one attached hydrogen (secondary N) is 1. The van der Waals surface area contributed by atoms with Crippen molar-refractivity contribution < 1.29 is 0 Å². The van der Waals surface area contributed by atoms with E-state index in [1.165, 1.54) is 47.8 Å². The minimum Gasteiger partial charge on any atom is -0.367 e. The monoisotopic (exact) mass is 391 g/mol. The van der Waals surface area contributed by atoms with Gasteiger partial charge >= 0.3 is 0 Å². The lowest BCUT2D eigenvalue weighted by Gasteiger charge is -2.29. The molecular formula is C24H29N3S. The van der Waals surface area contributed by atoms with Crippen LogP contribution in [0.1, 0.15) is 57.9 Å². The van der Waals surface area contributed by atoms with E-state index in [1.54, 1.807) is 17.7 Å². The first kappa shape index (κ1) is 18.1. The molecule has 2 aromatic heterocycles. The van der Waals surface area contributed by atoms with Gasteiger partial charge in [0.25, 0.3) is 0 Å². The number of rotatable bonds is 5. The van der Waals surface area contributed by atoms with Gasteiger partial charge in [-0.25, -0.2) is 9.97 Å². The number of aromatic nitrogens is 2. The Balaban J connectivity index is 1.47. The molecule has 4 heteroatoms. The van der Waals surface area contributed by atoms with Gasteiger partial charge in [0.05, 0.1) is 5.39 Å². The van der Waals surface area contributed by atoms with Crippen LogP contribution in [-0.4, -0.2) is 16.0 Å². The van der Waals surface area contributed by atoms with Gasteiger partial charge < -0.3 is 5.32 Å². The molecule has 2 aliphatic rings. The van der Waals surface area contributed by atoms with Crippen molar-refractivity contribution in [2.24, 2.45) is 17.8 Å². The van der Waals surface area contributed by atoms with Gasteiger partial charge in [-0.15, -0.1) is 11.3 Å². The van der Waals surface area contributed by atoms with Gasteiger partial charge in [0, 0.05) is 17.0 Å². The molecule has 3 aromatic rings. The molecule has 4 unspecified atom stereocenters. The third kappa shape index (κ3) is 3.12. The molecule has 146 valence electrons. The van der Waals surface area contributed by atoms with Gasteiger partial charge in [-0.05, 0) is 61.0 Å². The molecule has 4 atom stereocenters. The average Bonchev–Trinajstić information content (AvgIpc) is 3.43. The molecule has 0 radical (unpaired) electrons. The smallest absolute Gasteiger partial charge is 0.139 e. The Kier molecular flexibility index (Phi) is 4.62. The van der Waals surface area contributed by atoms with Crippen LogP contribution in [0.2, 0.25) is 0 Å². The van der Waals surface area contributed by atoms with E-state index in [2.05, 4.69) is 65.7 Å². The van der Waals surface area contributed by atoms with Gasteiger partial charge in [0.1, 0.15) is 17.0 Å². The zero-order valence-corrected chi connectivity index (χ0v) is 17.8. The standard InChI is InChI=1S/C24H29N3S/c1-14(2)17-6-8-18(9-7-17)21-12-28-24-22(21)23(25-13-26-24)27-15(3)20-11-16-4-5-19(20)10-16/h6-9,12-16,19-20H,4-5,10-11H2,1-3H3,(H,25,26,27). The van der Waals surface area contributed by atoms with Gasteiger partial charge in [-0.2, -0.15) is 0 Å². The zero-order valence-electron chi connectivity index (χ0n) is 17.0. The summed E-state index contributed by atoms with van der Waals surface area (Å²) in [4.78, 5) is 10.3. The maximum absolute atomic E-state index is 4.67. The number of hydrogen-bond acceptors (Lipinski definition) is 4. The van der Waals surface area contributed by atoms with Crippen molar-refractivity contribution in [3.05, 3.63) is 41.5 Å². The summed E-state index contributed by atoms with van der Waals surface area (Å²) < 4.78 is 0. The molecule has 0 aliphatic heterocycles. The Hall–Kier alpha value is -1.94. The highest BCUT2D eigenvalue weighted by atomic mass is 32.1. The van der Waals surface area contributed by atoms with Crippen LogP contribution in [0.25, 0.3) is 21.3 Å². The van der Waals surface area contributed by atoms with Gasteiger partial charge in [-0.3, -0.25) is 0 Å². The molecule has 2 saturated carbocycles.